The van der Waals surface area contributed by atoms with Crippen molar-refractivity contribution in [3.63, 3.8) is 0 Å². The van der Waals surface area contributed by atoms with Crippen LogP contribution in [0.2, 0.25) is 10.0 Å². The van der Waals surface area contributed by atoms with Crippen molar-refractivity contribution in [1.82, 2.24) is 4.31 Å². The fraction of sp³-hybridized carbons (Fsp3) is 0.500. The fourth-order valence-corrected chi connectivity index (χ4v) is 4.84. The smallest absolute Gasteiger partial charge is 0.244 e. The Morgan fingerprint density at radius 2 is 2.00 bits per heavy atom. The van der Waals surface area contributed by atoms with Crippen LogP contribution in [-0.4, -0.2) is 37.0 Å². The predicted molar refractivity (Wildman–Crippen MR) is 75.3 cm³/mol. The van der Waals surface area contributed by atoms with Crippen LogP contribution in [0.15, 0.2) is 11.0 Å². The van der Waals surface area contributed by atoms with Gasteiger partial charge in [0.05, 0.1) is 11.1 Å². The molecule has 106 valence electrons. The van der Waals surface area contributed by atoms with E-state index in [1.807, 2.05) is 0 Å². The monoisotopic (exact) mass is 323 g/mol. The summed E-state index contributed by atoms with van der Waals surface area (Å²) in [7, 11) is -3.72. The zero-order valence-electron chi connectivity index (χ0n) is 10.7. The first-order valence-corrected chi connectivity index (χ1v) is 8.08. The largest absolute Gasteiger partial charge is 0.392 e. The second kappa shape index (κ2) is 5.22. The number of β-amino-alcohol motifs (C(OH)–C–C–N with tert-alkyl or cyclic N) is 1. The van der Waals surface area contributed by atoms with Crippen molar-refractivity contribution in [1.29, 1.82) is 0 Å². The predicted octanol–water partition coefficient (Wildman–Crippen LogP) is 2.37. The number of aryl methyl sites for hydroxylation is 1. The van der Waals surface area contributed by atoms with E-state index in [1.54, 1.807) is 19.9 Å². The molecule has 1 aromatic rings. The van der Waals surface area contributed by atoms with Crippen LogP contribution in [0, 0.1) is 13.8 Å². The molecule has 0 aliphatic carbocycles. The van der Waals surface area contributed by atoms with Crippen molar-refractivity contribution in [3.8, 4) is 0 Å². The van der Waals surface area contributed by atoms with Gasteiger partial charge in [-0.1, -0.05) is 23.2 Å². The summed E-state index contributed by atoms with van der Waals surface area (Å²) in [5, 5.41) is 10.1. The molecular weight excluding hydrogens is 309 g/mol. The third-order valence-corrected chi connectivity index (χ3v) is 6.34. The van der Waals surface area contributed by atoms with E-state index in [0.717, 1.165) is 0 Å². The Morgan fingerprint density at radius 1 is 1.37 bits per heavy atom. The highest BCUT2D eigenvalue weighted by atomic mass is 35.5. The molecule has 2 rings (SSSR count). The molecule has 0 amide bonds. The average Bonchev–Trinajstić information content (AvgIpc) is 2.74. The first kappa shape index (κ1) is 15.1. The van der Waals surface area contributed by atoms with Gasteiger partial charge in [-0.2, -0.15) is 4.31 Å². The number of halogens is 2. The van der Waals surface area contributed by atoms with Crippen LogP contribution in [0.3, 0.4) is 0 Å². The SMILES string of the molecule is Cc1cc(Cl)c(C)c(S(=O)(=O)N2CC[C@H](O)C2)c1Cl. The van der Waals surface area contributed by atoms with Crippen LogP contribution in [0.5, 0.6) is 0 Å². The maximum Gasteiger partial charge on any atom is 0.244 e. The summed E-state index contributed by atoms with van der Waals surface area (Å²) in [4.78, 5) is 0.0493. The number of sulfonamides is 1. The van der Waals surface area contributed by atoms with Gasteiger partial charge in [-0.15, -0.1) is 0 Å². The Hall–Kier alpha value is -0.330. The highest BCUT2D eigenvalue weighted by Gasteiger charge is 2.34. The second-order valence-electron chi connectivity index (χ2n) is 4.75. The molecule has 1 fully saturated rings. The van der Waals surface area contributed by atoms with Gasteiger partial charge >= 0.3 is 0 Å². The van der Waals surface area contributed by atoms with Crippen molar-refractivity contribution >= 4 is 33.2 Å². The van der Waals surface area contributed by atoms with Gasteiger partial charge in [-0.05, 0) is 37.5 Å². The topological polar surface area (TPSA) is 57.6 Å². The standard InChI is InChI=1S/C12H15Cl2NO3S/c1-7-5-10(13)8(2)12(11(7)14)19(17,18)15-4-3-9(16)6-15/h5,9,16H,3-4,6H2,1-2H3/t9-/m0/s1. The molecule has 0 unspecified atom stereocenters. The maximum absolute atomic E-state index is 12.6. The Bertz CT molecular complexity index is 590. The molecule has 1 aliphatic heterocycles. The summed E-state index contributed by atoms with van der Waals surface area (Å²) in [6.07, 6.45) is -0.177. The molecule has 1 heterocycles. The molecule has 0 saturated carbocycles. The molecule has 0 spiro atoms. The van der Waals surface area contributed by atoms with E-state index in [1.165, 1.54) is 4.31 Å². The molecule has 19 heavy (non-hydrogen) atoms. The third-order valence-electron chi connectivity index (χ3n) is 3.31. The number of nitrogens with zero attached hydrogens (tertiary/aromatic N) is 1. The summed E-state index contributed by atoms with van der Waals surface area (Å²) >= 11 is 12.2. The van der Waals surface area contributed by atoms with Gasteiger partial charge < -0.3 is 5.11 Å². The van der Waals surface area contributed by atoms with Gasteiger partial charge in [0.1, 0.15) is 4.90 Å². The van der Waals surface area contributed by atoms with E-state index in [2.05, 4.69) is 0 Å². The fourth-order valence-electron chi connectivity index (χ4n) is 2.18. The lowest BCUT2D eigenvalue weighted by molar-refractivity contribution is 0.189. The van der Waals surface area contributed by atoms with Crippen LogP contribution >= 0.6 is 23.2 Å². The minimum atomic E-state index is -3.72. The first-order valence-electron chi connectivity index (χ1n) is 5.88. The van der Waals surface area contributed by atoms with Crippen LogP contribution < -0.4 is 0 Å². The quantitative estimate of drug-likeness (QED) is 0.909. The van der Waals surface area contributed by atoms with E-state index < -0.39 is 16.1 Å². The summed E-state index contributed by atoms with van der Waals surface area (Å²) in [5.74, 6) is 0. The molecule has 0 radical (unpaired) electrons. The lowest BCUT2D eigenvalue weighted by atomic mass is 10.2. The molecule has 7 heteroatoms. The number of aliphatic hydroxyl groups excluding tert-OH is 1. The lowest BCUT2D eigenvalue weighted by Gasteiger charge is -2.20. The average molecular weight is 324 g/mol. The molecule has 1 aliphatic rings. The minimum Gasteiger partial charge on any atom is -0.392 e. The van der Waals surface area contributed by atoms with E-state index >= 15 is 0 Å². The zero-order valence-corrected chi connectivity index (χ0v) is 13.0. The number of hydrogen-bond acceptors (Lipinski definition) is 3. The number of rotatable bonds is 2. The van der Waals surface area contributed by atoms with E-state index in [-0.39, 0.29) is 16.5 Å². The zero-order chi connectivity index (χ0) is 14.4. The molecule has 1 N–H and O–H groups in total. The molecular formula is C12H15Cl2NO3S. The van der Waals surface area contributed by atoms with E-state index in [4.69, 9.17) is 23.2 Å². The van der Waals surface area contributed by atoms with Gasteiger partial charge in [0.2, 0.25) is 10.0 Å². The van der Waals surface area contributed by atoms with E-state index in [0.29, 0.717) is 29.1 Å². The molecule has 1 saturated heterocycles. The third kappa shape index (κ3) is 2.62. The van der Waals surface area contributed by atoms with Gasteiger partial charge in [-0.25, -0.2) is 8.42 Å². The van der Waals surface area contributed by atoms with Crippen LogP contribution in [-0.2, 0) is 10.0 Å². The number of aliphatic hydroxyl groups is 1. The summed E-state index contributed by atoms with van der Waals surface area (Å²) in [6.45, 7) is 3.74. The summed E-state index contributed by atoms with van der Waals surface area (Å²) in [5.41, 5.74) is 1.06. The number of hydrogen-bond donors (Lipinski definition) is 1. The maximum atomic E-state index is 12.6. The van der Waals surface area contributed by atoms with Gasteiger partial charge in [0, 0.05) is 18.1 Å². The molecule has 0 aromatic heterocycles. The van der Waals surface area contributed by atoms with Crippen LogP contribution in [0.1, 0.15) is 17.5 Å². The summed E-state index contributed by atoms with van der Waals surface area (Å²) < 4.78 is 26.4. The Balaban J connectivity index is 2.58. The van der Waals surface area contributed by atoms with Crippen molar-refractivity contribution in [3.05, 3.63) is 27.2 Å². The van der Waals surface area contributed by atoms with Crippen molar-refractivity contribution in [2.75, 3.05) is 13.1 Å². The van der Waals surface area contributed by atoms with Crippen LogP contribution in [0.4, 0.5) is 0 Å². The first-order chi connectivity index (χ1) is 8.75. The van der Waals surface area contributed by atoms with E-state index in [9.17, 15) is 13.5 Å². The molecule has 0 bridgehead atoms. The minimum absolute atomic E-state index is 0.0493. The van der Waals surface area contributed by atoms with Gasteiger partial charge in [0.25, 0.3) is 0 Å². The Kier molecular flexibility index (Phi) is 4.14. The molecule has 4 nitrogen and oxygen atoms in total. The normalized spacial score (nSPS) is 21.0. The second-order valence-corrected chi connectivity index (χ2v) is 7.41. The molecule has 1 aromatic carbocycles. The highest BCUT2D eigenvalue weighted by Crippen LogP contribution is 2.35. The summed E-state index contributed by atoms with van der Waals surface area (Å²) in [6, 6.07) is 1.65. The van der Waals surface area contributed by atoms with Crippen molar-refractivity contribution < 1.29 is 13.5 Å². The lowest BCUT2D eigenvalue weighted by Crippen LogP contribution is -2.30. The van der Waals surface area contributed by atoms with Crippen molar-refractivity contribution in [2.45, 2.75) is 31.3 Å². The van der Waals surface area contributed by atoms with Gasteiger partial charge in [-0.3, -0.25) is 0 Å². The van der Waals surface area contributed by atoms with Crippen LogP contribution in [0.25, 0.3) is 0 Å². The highest BCUT2D eigenvalue weighted by molar-refractivity contribution is 7.89. The number of benzene rings is 1. The van der Waals surface area contributed by atoms with Crippen molar-refractivity contribution in [2.24, 2.45) is 0 Å². The molecule has 1 atom stereocenters. The Labute approximate surface area is 123 Å². The van der Waals surface area contributed by atoms with Gasteiger partial charge in [0.15, 0.2) is 0 Å². The Morgan fingerprint density at radius 3 is 2.53 bits per heavy atom.